The maximum absolute atomic E-state index is 14.6. The van der Waals surface area contributed by atoms with Gasteiger partial charge in [0, 0.05) is 41.1 Å². The van der Waals surface area contributed by atoms with Crippen LogP contribution >= 0.6 is 0 Å². The first-order valence-corrected chi connectivity index (χ1v) is 14.9. The van der Waals surface area contributed by atoms with Crippen molar-refractivity contribution >= 4 is 49.5 Å². The van der Waals surface area contributed by atoms with E-state index < -0.39 is 24.2 Å². The van der Waals surface area contributed by atoms with Crippen LogP contribution in [0.4, 0.5) is 0 Å². The SMILES string of the molecule is COc1ccc(CN2Cc3c(c4c5ccccc5n5c4c4c3c3ccccc3n4[C@@]3(C)O[C@@H]5C[C@@H](O)[C@H]3O)C2=O)cc1OC. The standard InChI is InChI=1S/C35H31N3O6/c1-35-33(40)24(39)15-27(44-35)37-22-10-6-4-8-19(22)29-30-21(28-20-9-5-7-11-23(20)38(35)32(28)31(29)37)17-36(34(30)41)16-18-12-13-25(42-2)26(14-18)43-3/h4-14,24,27,33,39-40H,15-17H2,1-3H3/t24-,27-,33-,35+/m1/s1. The first-order chi connectivity index (χ1) is 21.4. The van der Waals surface area contributed by atoms with Gasteiger partial charge in [0.2, 0.25) is 0 Å². The van der Waals surface area contributed by atoms with E-state index in [1.165, 1.54) is 0 Å². The normalized spacial score (nSPS) is 24.2. The minimum Gasteiger partial charge on any atom is -0.493 e. The van der Waals surface area contributed by atoms with Gasteiger partial charge in [-0.15, -0.1) is 0 Å². The van der Waals surface area contributed by atoms with Gasteiger partial charge < -0.3 is 38.5 Å². The zero-order chi connectivity index (χ0) is 30.1. The van der Waals surface area contributed by atoms with Crippen molar-refractivity contribution in [3.05, 3.63) is 83.4 Å². The Labute approximate surface area is 252 Å². The van der Waals surface area contributed by atoms with E-state index in [-0.39, 0.29) is 12.3 Å². The van der Waals surface area contributed by atoms with Crippen LogP contribution in [0, 0.1) is 0 Å². The van der Waals surface area contributed by atoms with Crippen molar-refractivity contribution in [2.45, 2.75) is 50.6 Å². The molecule has 3 aliphatic heterocycles. The van der Waals surface area contributed by atoms with Gasteiger partial charge in [-0.2, -0.15) is 0 Å². The highest BCUT2D eigenvalue weighted by molar-refractivity contribution is 6.31. The Kier molecular flexibility index (Phi) is 5.15. The number of ether oxygens (including phenoxy) is 3. The third-order valence-electron chi connectivity index (χ3n) is 10.00. The summed E-state index contributed by atoms with van der Waals surface area (Å²) in [4.78, 5) is 16.5. The lowest BCUT2D eigenvalue weighted by Gasteiger charge is -2.45. The van der Waals surface area contributed by atoms with E-state index in [0.717, 1.165) is 54.7 Å². The van der Waals surface area contributed by atoms with Crippen molar-refractivity contribution in [3.63, 3.8) is 0 Å². The number of benzene rings is 4. The van der Waals surface area contributed by atoms with Gasteiger partial charge in [0.1, 0.15) is 12.3 Å². The molecule has 9 heteroatoms. The van der Waals surface area contributed by atoms with E-state index in [1.807, 2.05) is 66.4 Å². The number of hydrogen-bond acceptors (Lipinski definition) is 6. The number of carbonyl (C=O) groups excluding carboxylic acids is 1. The molecule has 44 heavy (non-hydrogen) atoms. The predicted molar refractivity (Wildman–Crippen MR) is 166 cm³/mol. The molecule has 2 bridgehead atoms. The Bertz CT molecular complexity index is 2220. The fourth-order valence-corrected chi connectivity index (χ4v) is 8.13. The van der Waals surface area contributed by atoms with E-state index in [1.54, 1.807) is 14.2 Å². The number of aliphatic hydroxyl groups excluding tert-OH is 2. The maximum atomic E-state index is 14.6. The molecule has 1 saturated heterocycles. The molecule has 0 saturated carbocycles. The topological polar surface area (TPSA) is 98.3 Å². The van der Waals surface area contributed by atoms with Crippen LogP contribution in [0.2, 0.25) is 0 Å². The predicted octanol–water partition coefficient (Wildman–Crippen LogP) is 5.40. The van der Waals surface area contributed by atoms with Crippen molar-refractivity contribution in [1.82, 2.24) is 14.0 Å². The number of aromatic nitrogens is 2. The van der Waals surface area contributed by atoms with Crippen LogP contribution in [0.1, 0.15) is 41.1 Å². The fourth-order valence-electron chi connectivity index (χ4n) is 8.13. The average molecular weight is 590 g/mol. The van der Waals surface area contributed by atoms with E-state index >= 15 is 0 Å². The van der Waals surface area contributed by atoms with E-state index in [4.69, 9.17) is 14.2 Å². The average Bonchev–Trinajstić information content (AvgIpc) is 3.65. The molecule has 6 aromatic rings. The molecule has 0 radical (unpaired) electrons. The van der Waals surface area contributed by atoms with Crippen LogP contribution in [0.15, 0.2) is 66.7 Å². The highest BCUT2D eigenvalue weighted by Gasteiger charge is 2.52. The lowest BCUT2D eigenvalue weighted by molar-refractivity contribution is -0.272. The summed E-state index contributed by atoms with van der Waals surface area (Å²) in [6.45, 7) is 2.69. The van der Waals surface area contributed by atoms with Gasteiger partial charge in [0.15, 0.2) is 17.2 Å². The zero-order valence-corrected chi connectivity index (χ0v) is 24.6. The second-order valence-corrected chi connectivity index (χ2v) is 12.3. The number of nitrogens with zero attached hydrogens (tertiary/aromatic N) is 3. The molecule has 0 aliphatic carbocycles. The van der Waals surface area contributed by atoms with Crippen molar-refractivity contribution in [1.29, 1.82) is 0 Å². The van der Waals surface area contributed by atoms with Gasteiger partial charge in [-0.25, -0.2) is 0 Å². The Balaban J connectivity index is 1.39. The number of methoxy groups -OCH3 is 2. The monoisotopic (exact) mass is 589 g/mol. The molecule has 222 valence electrons. The molecule has 1 amide bonds. The number of fused-ring (bicyclic) bond motifs is 13. The van der Waals surface area contributed by atoms with Gasteiger partial charge in [-0.1, -0.05) is 42.5 Å². The quantitative estimate of drug-likeness (QED) is 0.286. The lowest BCUT2D eigenvalue weighted by atomic mass is 9.95. The summed E-state index contributed by atoms with van der Waals surface area (Å²) in [6, 6.07) is 21.9. The van der Waals surface area contributed by atoms with Crippen LogP contribution in [0.25, 0.3) is 43.6 Å². The van der Waals surface area contributed by atoms with E-state index in [0.29, 0.717) is 30.2 Å². The number of aliphatic hydroxyl groups is 2. The van der Waals surface area contributed by atoms with Gasteiger partial charge in [0.05, 0.1) is 48.0 Å². The fraction of sp³-hybridized carbons (Fsp3) is 0.286. The van der Waals surface area contributed by atoms with Crippen molar-refractivity contribution in [2.24, 2.45) is 0 Å². The van der Waals surface area contributed by atoms with Gasteiger partial charge in [-0.3, -0.25) is 4.79 Å². The van der Waals surface area contributed by atoms with Gasteiger partial charge >= 0.3 is 0 Å². The molecule has 0 spiro atoms. The molecule has 3 aliphatic rings. The number of rotatable bonds is 4. The summed E-state index contributed by atoms with van der Waals surface area (Å²) in [6.07, 6.45) is -2.46. The van der Waals surface area contributed by atoms with Crippen molar-refractivity contribution in [3.8, 4) is 11.5 Å². The molecule has 4 aromatic carbocycles. The number of amides is 1. The molecule has 0 unspecified atom stereocenters. The molecule has 1 fully saturated rings. The Morgan fingerprint density at radius 1 is 0.909 bits per heavy atom. The zero-order valence-electron chi connectivity index (χ0n) is 24.6. The molecule has 9 rings (SSSR count). The highest BCUT2D eigenvalue weighted by atomic mass is 16.6. The van der Waals surface area contributed by atoms with Crippen LogP contribution < -0.4 is 9.47 Å². The molecule has 9 nitrogen and oxygen atoms in total. The number of para-hydroxylation sites is 2. The molecular weight excluding hydrogens is 558 g/mol. The number of carbonyl (C=O) groups is 1. The summed E-state index contributed by atoms with van der Waals surface area (Å²) < 4.78 is 22.0. The van der Waals surface area contributed by atoms with E-state index in [9.17, 15) is 15.0 Å². The summed E-state index contributed by atoms with van der Waals surface area (Å²) in [7, 11) is 3.22. The van der Waals surface area contributed by atoms with Gasteiger partial charge in [-0.05, 0) is 42.3 Å². The first kappa shape index (κ1) is 25.9. The number of hydrogen-bond donors (Lipinski definition) is 2. The van der Waals surface area contributed by atoms with E-state index in [2.05, 4.69) is 21.3 Å². The summed E-state index contributed by atoms with van der Waals surface area (Å²) in [5, 5.41) is 26.5. The molecule has 2 aromatic heterocycles. The smallest absolute Gasteiger partial charge is 0.255 e. The Morgan fingerprint density at radius 3 is 2.36 bits per heavy atom. The van der Waals surface area contributed by atoms with Crippen LogP contribution in [0.3, 0.4) is 0 Å². The minimum atomic E-state index is -1.24. The Hall–Kier alpha value is -4.57. The summed E-state index contributed by atoms with van der Waals surface area (Å²) in [5.74, 6) is 1.22. The Morgan fingerprint density at radius 2 is 1.61 bits per heavy atom. The second-order valence-electron chi connectivity index (χ2n) is 12.3. The minimum absolute atomic E-state index is 0.0316. The highest BCUT2D eigenvalue weighted by Crippen LogP contribution is 2.54. The van der Waals surface area contributed by atoms with Crippen molar-refractivity contribution < 1.29 is 29.2 Å². The molecule has 5 heterocycles. The first-order valence-electron chi connectivity index (χ1n) is 14.9. The molecule has 2 N–H and O–H groups in total. The summed E-state index contributed by atoms with van der Waals surface area (Å²) >= 11 is 0. The van der Waals surface area contributed by atoms with Gasteiger partial charge in [0.25, 0.3) is 5.91 Å². The van der Waals surface area contributed by atoms with Crippen LogP contribution in [-0.4, -0.2) is 56.6 Å². The third-order valence-corrected chi connectivity index (χ3v) is 10.00. The summed E-state index contributed by atoms with van der Waals surface area (Å²) in [5.41, 5.74) is 4.98. The molecular formula is C35H31N3O6. The lowest BCUT2D eigenvalue weighted by Crippen LogP contribution is -2.55. The molecule has 4 atom stereocenters. The second kappa shape index (κ2) is 8.75. The van der Waals surface area contributed by atoms with Crippen molar-refractivity contribution in [2.75, 3.05) is 14.2 Å². The van der Waals surface area contributed by atoms with Crippen LogP contribution in [-0.2, 0) is 23.6 Å². The third kappa shape index (κ3) is 3.06. The maximum Gasteiger partial charge on any atom is 0.255 e. The van der Waals surface area contributed by atoms with Crippen LogP contribution in [0.5, 0.6) is 11.5 Å². The largest absolute Gasteiger partial charge is 0.493 e.